The minimum Gasteiger partial charge on any atom is -0.393 e. The van der Waals surface area contributed by atoms with Gasteiger partial charge in [-0.2, -0.15) is 0 Å². The molecule has 1 heterocycles. The molecular weight excluding hydrogens is 204 g/mol. The summed E-state index contributed by atoms with van der Waals surface area (Å²) in [6, 6.07) is 4.00. The van der Waals surface area contributed by atoms with E-state index in [9.17, 15) is 5.11 Å². The van der Waals surface area contributed by atoms with Crippen molar-refractivity contribution < 1.29 is 5.11 Å². The van der Waals surface area contributed by atoms with Crippen LogP contribution in [0.1, 0.15) is 31.1 Å². The van der Waals surface area contributed by atoms with E-state index in [0.29, 0.717) is 0 Å². The number of hydrogen-bond acceptors (Lipinski definition) is 2. The maximum absolute atomic E-state index is 9.30. The van der Waals surface area contributed by atoms with E-state index in [4.69, 9.17) is 0 Å². The van der Waals surface area contributed by atoms with Crippen LogP contribution in [-0.2, 0) is 0 Å². The first kappa shape index (κ1) is 12.0. The van der Waals surface area contributed by atoms with Crippen molar-refractivity contribution in [1.82, 2.24) is 0 Å². The Morgan fingerprint density at radius 2 is 2.47 bits per heavy atom. The average Bonchev–Trinajstić information content (AvgIpc) is 2.75. The van der Waals surface area contributed by atoms with Crippen molar-refractivity contribution in [2.45, 2.75) is 32.3 Å². The van der Waals surface area contributed by atoms with Crippen molar-refractivity contribution in [3.8, 4) is 11.8 Å². The summed E-state index contributed by atoms with van der Waals surface area (Å²) >= 11 is 1.65. The van der Waals surface area contributed by atoms with Gasteiger partial charge in [0.25, 0.3) is 0 Å². The molecule has 0 saturated heterocycles. The molecule has 0 aliphatic heterocycles. The van der Waals surface area contributed by atoms with Gasteiger partial charge in [0.1, 0.15) is 0 Å². The van der Waals surface area contributed by atoms with Gasteiger partial charge in [0.05, 0.1) is 11.0 Å². The van der Waals surface area contributed by atoms with Crippen molar-refractivity contribution in [3.63, 3.8) is 0 Å². The van der Waals surface area contributed by atoms with E-state index in [1.54, 1.807) is 11.3 Å². The smallest absolute Gasteiger partial charge is 0.0771 e. The number of aliphatic hydroxyl groups is 1. The molecule has 0 aromatic carbocycles. The summed E-state index contributed by atoms with van der Waals surface area (Å²) in [4.78, 5) is 1.09. The highest BCUT2D eigenvalue weighted by Crippen LogP contribution is 2.05. The van der Waals surface area contributed by atoms with Crippen LogP contribution in [0.3, 0.4) is 0 Å². The molecule has 80 valence electrons. The molecule has 0 fully saturated rings. The molecule has 0 aliphatic carbocycles. The van der Waals surface area contributed by atoms with Gasteiger partial charge >= 0.3 is 0 Å². The zero-order valence-electron chi connectivity index (χ0n) is 8.94. The number of aliphatic hydroxyl groups excluding tert-OH is 1. The number of hydrogen-bond donors (Lipinski definition) is 1. The molecular formula is C13H16OS. The van der Waals surface area contributed by atoms with Crippen molar-refractivity contribution in [3.05, 3.63) is 34.5 Å². The van der Waals surface area contributed by atoms with E-state index in [-0.39, 0.29) is 6.10 Å². The maximum atomic E-state index is 9.30. The van der Waals surface area contributed by atoms with Crippen LogP contribution < -0.4 is 0 Å². The Morgan fingerprint density at radius 1 is 1.60 bits per heavy atom. The average molecular weight is 220 g/mol. The summed E-state index contributed by atoms with van der Waals surface area (Å²) < 4.78 is 0. The Balaban J connectivity index is 2.22. The van der Waals surface area contributed by atoms with Gasteiger partial charge in [0.2, 0.25) is 0 Å². The Bertz CT molecular complexity index is 340. The summed E-state index contributed by atoms with van der Waals surface area (Å²) in [5.74, 6) is 6.02. The first-order chi connectivity index (χ1) is 7.33. The van der Waals surface area contributed by atoms with Crippen LogP contribution in [0.25, 0.3) is 0 Å². The van der Waals surface area contributed by atoms with Crippen LogP contribution in [0.2, 0.25) is 0 Å². The molecule has 0 radical (unpaired) electrons. The van der Waals surface area contributed by atoms with E-state index in [2.05, 4.69) is 11.8 Å². The molecule has 1 N–H and O–H groups in total. The van der Waals surface area contributed by atoms with Gasteiger partial charge in [-0.3, -0.25) is 0 Å². The molecule has 1 aromatic heterocycles. The normalized spacial score (nSPS) is 12.4. The zero-order chi connectivity index (χ0) is 10.9. The largest absolute Gasteiger partial charge is 0.393 e. The molecule has 0 bridgehead atoms. The number of allylic oxidation sites excluding steroid dienone is 2. The van der Waals surface area contributed by atoms with Crippen LogP contribution in [-0.4, -0.2) is 11.2 Å². The summed E-state index contributed by atoms with van der Waals surface area (Å²) in [6.07, 6.45) is 6.26. The Hall–Kier alpha value is -1.04. The molecule has 1 atom stereocenters. The van der Waals surface area contributed by atoms with Crippen molar-refractivity contribution in [2.75, 3.05) is 0 Å². The maximum Gasteiger partial charge on any atom is 0.0771 e. The minimum atomic E-state index is -0.167. The quantitative estimate of drug-likeness (QED) is 0.773. The molecule has 0 amide bonds. The fourth-order valence-corrected chi connectivity index (χ4v) is 1.68. The van der Waals surface area contributed by atoms with Gasteiger partial charge < -0.3 is 5.11 Å². The first-order valence-corrected chi connectivity index (χ1v) is 6.09. The molecule has 1 aromatic rings. The summed E-state index contributed by atoms with van der Waals surface area (Å²) in [5.41, 5.74) is 0. The highest BCUT2D eigenvalue weighted by atomic mass is 32.1. The van der Waals surface area contributed by atoms with E-state index in [0.717, 1.165) is 24.1 Å². The third-order valence-corrected chi connectivity index (χ3v) is 2.84. The van der Waals surface area contributed by atoms with Crippen molar-refractivity contribution >= 4 is 11.3 Å². The Kier molecular flexibility index (Phi) is 5.84. The van der Waals surface area contributed by atoms with Gasteiger partial charge in [0, 0.05) is 0 Å². The standard InChI is InChI=1S/C13H16OS/c1-2-12(14)8-5-3-4-6-9-13-10-7-11-15-13/h3-4,7,10-12,14H,2,5,8H2,1H3/b4-3+/t12-/m0/s1. The van der Waals surface area contributed by atoms with E-state index < -0.39 is 0 Å². The Labute approximate surface area is 95.5 Å². The van der Waals surface area contributed by atoms with Crippen molar-refractivity contribution in [2.24, 2.45) is 0 Å². The summed E-state index contributed by atoms with van der Waals surface area (Å²) in [5, 5.41) is 11.3. The highest BCUT2D eigenvalue weighted by molar-refractivity contribution is 7.10. The van der Waals surface area contributed by atoms with Gasteiger partial charge in [-0.25, -0.2) is 0 Å². The molecule has 15 heavy (non-hydrogen) atoms. The van der Waals surface area contributed by atoms with Crippen LogP contribution in [0.15, 0.2) is 29.7 Å². The van der Waals surface area contributed by atoms with Gasteiger partial charge in [-0.15, -0.1) is 11.3 Å². The third kappa shape index (κ3) is 5.41. The predicted octanol–water partition coefficient (Wildman–Crippen LogP) is 3.21. The molecule has 0 aliphatic rings. The fourth-order valence-electron chi connectivity index (χ4n) is 1.10. The molecule has 1 rings (SSSR count). The number of rotatable bonds is 4. The number of thiophene rings is 1. The van der Waals surface area contributed by atoms with E-state index in [1.807, 2.05) is 36.6 Å². The summed E-state index contributed by atoms with van der Waals surface area (Å²) in [6.45, 7) is 1.99. The van der Waals surface area contributed by atoms with Gasteiger partial charge in [0.15, 0.2) is 0 Å². The molecule has 0 saturated carbocycles. The lowest BCUT2D eigenvalue weighted by Gasteiger charge is -2.02. The molecule has 1 nitrogen and oxygen atoms in total. The monoisotopic (exact) mass is 220 g/mol. The minimum absolute atomic E-state index is 0.167. The Morgan fingerprint density at radius 3 is 3.13 bits per heavy atom. The van der Waals surface area contributed by atoms with Crippen LogP contribution >= 0.6 is 11.3 Å². The predicted molar refractivity (Wildman–Crippen MR) is 65.9 cm³/mol. The highest BCUT2D eigenvalue weighted by Gasteiger charge is 1.96. The second kappa shape index (κ2) is 7.28. The second-order valence-electron chi connectivity index (χ2n) is 3.29. The van der Waals surface area contributed by atoms with Gasteiger partial charge in [-0.1, -0.05) is 30.9 Å². The zero-order valence-corrected chi connectivity index (χ0v) is 9.76. The molecule has 2 heteroatoms. The first-order valence-electron chi connectivity index (χ1n) is 5.21. The second-order valence-corrected chi connectivity index (χ2v) is 4.24. The van der Waals surface area contributed by atoms with Crippen molar-refractivity contribution in [1.29, 1.82) is 0 Å². The fraction of sp³-hybridized carbons (Fsp3) is 0.385. The van der Waals surface area contributed by atoms with Crippen LogP contribution in [0, 0.1) is 11.8 Å². The molecule has 0 spiro atoms. The van der Waals surface area contributed by atoms with E-state index >= 15 is 0 Å². The van der Waals surface area contributed by atoms with E-state index in [1.165, 1.54) is 0 Å². The third-order valence-electron chi connectivity index (χ3n) is 2.06. The van der Waals surface area contributed by atoms with Crippen LogP contribution in [0.5, 0.6) is 0 Å². The SMILES string of the molecule is CC[C@H](O)CC/C=C/C#Cc1cccs1. The van der Waals surface area contributed by atoms with Crippen LogP contribution in [0.4, 0.5) is 0 Å². The molecule has 0 unspecified atom stereocenters. The summed E-state index contributed by atoms with van der Waals surface area (Å²) in [7, 11) is 0. The lowest BCUT2D eigenvalue weighted by Crippen LogP contribution is -2.02. The topological polar surface area (TPSA) is 20.2 Å². The lowest BCUT2D eigenvalue weighted by atomic mass is 10.1. The van der Waals surface area contributed by atoms with Gasteiger partial charge in [-0.05, 0) is 36.8 Å². The lowest BCUT2D eigenvalue weighted by molar-refractivity contribution is 0.161.